The predicted molar refractivity (Wildman–Crippen MR) is 80.9 cm³/mol. The van der Waals surface area contributed by atoms with E-state index in [0.717, 1.165) is 4.90 Å². The normalized spacial score (nSPS) is 10.5. The van der Waals surface area contributed by atoms with Crippen molar-refractivity contribution in [2.45, 2.75) is 6.42 Å². The standard InChI is InChI=1S/C13H15N5O5/c1-16-11-8(4-3-5-9(11)18(21)22)12(15-16)17(13(14)20)7-6-10(19)23-2/h3-5H,6-7H2,1-2H3,(H2,14,20). The summed E-state index contributed by atoms with van der Waals surface area (Å²) in [6, 6.07) is 3.61. The Morgan fingerprint density at radius 2 is 2.17 bits per heavy atom. The minimum absolute atomic E-state index is 0.0448. The summed E-state index contributed by atoms with van der Waals surface area (Å²) in [6.07, 6.45) is -0.0769. The molecule has 0 unspecified atom stereocenters. The summed E-state index contributed by atoms with van der Waals surface area (Å²) in [5.74, 6) is -0.356. The lowest BCUT2D eigenvalue weighted by Gasteiger charge is -2.17. The number of nitrogens with two attached hydrogens (primary N) is 1. The molecular weight excluding hydrogens is 306 g/mol. The van der Waals surface area contributed by atoms with Gasteiger partial charge in [0.15, 0.2) is 5.82 Å². The number of primary amides is 1. The molecule has 0 fully saturated rings. The third-order valence-electron chi connectivity index (χ3n) is 3.31. The number of nitro groups is 1. The molecule has 0 aliphatic rings. The van der Waals surface area contributed by atoms with Gasteiger partial charge in [0.25, 0.3) is 5.69 Å². The molecule has 2 amide bonds. The van der Waals surface area contributed by atoms with Gasteiger partial charge in [0.2, 0.25) is 0 Å². The van der Waals surface area contributed by atoms with Crippen LogP contribution in [0.5, 0.6) is 0 Å². The Hall–Kier alpha value is -3.17. The molecule has 10 heteroatoms. The Morgan fingerprint density at radius 3 is 2.74 bits per heavy atom. The zero-order chi connectivity index (χ0) is 17.1. The fraction of sp³-hybridized carbons (Fsp3) is 0.308. The van der Waals surface area contributed by atoms with E-state index in [9.17, 15) is 19.7 Å². The van der Waals surface area contributed by atoms with Crippen LogP contribution < -0.4 is 10.6 Å². The number of aromatic nitrogens is 2. The molecule has 0 spiro atoms. The SMILES string of the molecule is COC(=O)CCN(C(N)=O)c1nn(C)c2c([N+](=O)[O-])cccc12. The van der Waals surface area contributed by atoms with Gasteiger partial charge in [0.05, 0.1) is 23.8 Å². The number of hydrogen-bond acceptors (Lipinski definition) is 6. The molecule has 1 heterocycles. The number of anilines is 1. The summed E-state index contributed by atoms with van der Waals surface area (Å²) in [4.78, 5) is 34.6. The Labute approximate surface area is 130 Å². The number of ether oxygens (including phenoxy) is 1. The van der Waals surface area contributed by atoms with Crippen molar-refractivity contribution >= 4 is 34.4 Å². The number of aryl methyl sites for hydroxylation is 1. The van der Waals surface area contributed by atoms with Crippen LogP contribution in [0.4, 0.5) is 16.3 Å². The van der Waals surface area contributed by atoms with Crippen LogP contribution in [-0.2, 0) is 16.6 Å². The van der Waals surface area contributed by atoms with E-state index in [4.69, 9.17) is 5.73 Å². The van der Waals surface area contributed by atoms with Crippen molar-refractivity contribution in [2.75, 3.05) is 18.6 Å². The predicted octanol–water partition coefficient (Wildman–Crippen LogP) is 0.930. The number of benzene rings is 1. The number of hydrogen-bond donors (Lipinski definition) is 1. The molecule has 23 heavy (non-hydrogen) atoms. The van der Waals surface area contributed by atoms with Gasteiger partial charge in [-0.2, -0.15) is 5.10 Å². The molecule has 1 aromatic heterocycles. The zero-order valence-electron chi connectivity index (χ0n) is 12.6. The van der Waals surface area contributed by atoms with Gasteiger partial charge in [0, 0.05) is 19.7 Å². The molecule has 2 rings (SSSR count). The average Bonchev–Trinajstić information content (AvgIpc) is 2.84. The minimum Gasteiger partial charge on any atom is -0.469 e. The van der Waals surface area contributed by atoms with Gasteiger partial charge in [0.1, 0.15) is 5.52 Å². The Bertz CT molecular complexity index is 784. The number of carbonyl (C=O) groups is 2. The number of rotatable bonds is 5. The first-order chi connectivity index (χ1) is 10.9. The number of nitro benzene ring substituents is 1. The second kappa shape index (κ2) is 6.30. The first-order valence-corrected chi connectivity index (χ1v) is 6.60. The first-order valence-electron chi connectivity index (χ1n) is 6.60. The van der Waals surface area contributed by atoms with Crippen LogP contribution in [-0.4, -0.2) is 40.4 Å². The van der Waals surface area contributed by atoms with Gasteiger partial charge in [-0.3, -0.25) is 24.5 Å². The third-order valence-corrected chi connectivity index (χ3v) is 3.31. The summed E-state index contributed by atoms with van der Waals surface area (Å²) < 4.78 is 5.83. The van der Waals surface area contributed by atoms with Crippen LogP contribution in [0.15, 0.2) is 18.2 Å². The van der Waals surface area contributed by atoms with Gasteiger partial charge >= 0.3 is 12.0 Å². The van der Waals surface area contributed by atoms with E-state index in [1.165, 1.54) is 31.0 Å². The third kappa shape index (κ3) is 3.05. The Balaban J connectivity index is 2.52. The number of carbonyl (C=O) groups excluding carboxylic acids is 2. The summed E-state index contributed by atoms with van der Waals surface area (Å²) in [7, 11) is 2.76. The summed E-state index contributed by atoms with van der Waals surface area (Å²) in [5, 5.41) is 15.7. The number of esters is 1. The van der Waals surface area contributed by atoms with Gasteiger partial charge in [-0.1, -0.05) is 6.07 Å². The van der Waals surface area contributed by atoms with Crippen LogP contribution in [0.2, 0.25) is 0 Å². The van der Waals surface area contributed by atoms with E-state index < -0.39 is 16.9 Å². The molecule has 0 aliphatic carbocycles. The van der Waals surface area contributed by atoms with Crippen molar-refractivity contribution in [3.63, 3.8) is 0 Å². The highest BCUT2D eigenvalue weighted by molar-refractivity contribution is 6.03. The molecule has 2 N–H and O–H groups in total. The number of urea groups is 1. The zero-order valence-corrected chi connectivity index (χ0v) is 12.6. The van der Waals surface area contributed by atoms with E-state index >= 15 is 0 Å². The van der Waals surface area contributed by atoms with E-state index in [0.29, 0.717) is 5.39 Å². The fourth-order valence-corrected chi connectivity index (χ4v) is 2.27. The first kappa shape index (κ1) is 16.2. The average molecular weight is 321 g/mol. The summed E-state index contributed by atoms with van der Waals surface area (Å²) >= 11 is 0. The number of amides is 2. The lowest BCUT2D eigenvalue weighted by molar-refractivity contribution is -0.383. The van der Waals surface area contributed by atoms with Gasteiger partial charge in [-0.05, 0) is 6.07 Å². The minimum atomic E-state index is -0.819. The maximum atomic E-state index is 11.7. The van der Waals surface area contributed by atoms with E-state index in [1.54, 1.807) is 6.07 Å². The van der Waals surface area contributed by atoms with Crippen LogP contribution in [0.25, 0.3) is 10.9 Å². The Morgan fingerprint density at radius 1 is 1.48 bits per heavy atom. The molecule has 122 valence electrons. The largest absolute Gasteiger partial charge is 0.469 e. The van der Waals surface area contributed by atoms with E-state index in [-0.39, 0.29) is 30.0 Å². The Kier molecular flexibility index (Phi) is 4.44. The van der Waals surface area contributed by atoms with Crippen LogP contribution in [0.1, 0.15) is 6.42 Å². The smallest absolute Gasteiger partial charge is 0.320 e. The van der Waals surface area contributed by atoms with Crippen molar-refractivity contribution in [2.24, 2.45) is 12.8 Å². The molecular formula is C13H15N5O5. The fourth-order valence-electron chi connectivity index (χ4n) is 2.27. The number of non-ortho nitro benzene ring substituents is 1. The summed E-state index contributed by atoms with van der Waals surface area (Å²) in [6.45, 7) is -0.0448. The molecule has 10 nitrogen and oxygen atoms in total. The molecule has 0 radical (unpaired) electrons. The quantitative estimate of drug-likeness (QED) is 0.494. The molecule has 0 saturated heterocycles. The molecule has 1 aromatic carbocycles. The van der Waals surface area contributed by atoms with Gasteiger partial charge < -0.3 is 10.5 Å². The van der Waals surface area contributed by atoms with Crippen molar-refractivity contribution < 1.29 is 19.2 Å². The van der Waals surface area contributed by atoms with Crippen molar-refractivity contribution in [1.29, 1.82) is 0 Å². The maximum Gasteiger partial charge on any atom is 0.320 e. The number of methoxy groups -OCH3 is 1. The number of fused-ring (bicyclic) bond motifs is 1. The highest BCUT2D eigenvalue weighted by Crippen LogP contribution is 2.32. The second-order valence-corrected chi connectivity index (χ2v) is 4.69. The highest BCUT2D eigenvalue weighted by atomic mass is 16.6. The lowest BCUT2D eigenvalue weighted by atomic mass is 10.2. The van der Waals surface area contributed by atoms with Gasteiger partial charge in [-0.15, -0.1) is 0 Å². The molecule has 2 aromatic rings. The molecule has 0 saturated carbocycles. The van der Waals surface area contributed by atoms with E-state index in [2.05, 4.69) is 9.84 Å². The number of para-hydroxylation sites is 1. The van der Waals surface area contributed by atoms with Crippen molar-refractivity contribution in [3.8, 4) is 0 Å². The molecule has 0 bridgehead atoms. The monoisotopic (exact) mass is 321 g/mol. The number of nitrogens with zero attached hydrogens (tertiary/aromatic N) is 4. The lowest BCUT2D eigenvalue weighted by Crippen LogP contribution is -2.38. The van der Waals surface area contributed by atoms with Crippen LogP contribution in [0.3, 0.4) is 0 Å². The molecule has 0 aliphatic heterocycles. The molecule has 0 atom stereocenters. The van der Waals surface area contributed by atoms with Crippen molar-refractivity contribution in [3.05, 3.63) is 28.3 Å². The van der Waals surface area contributed by atoms with Gasteiger partial charge in [-0.25, -0.2) is 4.79 Å². The topological polar surface area (TPSA) is 134 Å². The van der Waals surface area contributed by atoms with Crippen LogP contribution in [0, 0.1) is 10.1 Å². The van der Waals surface area contributed by atoms with Crippen LogP contribution >= 0.6 is 0 Å². The second-order valence-electron chi connectivity index (χ2n) is 4.69. The maximum absolute atomic E-state index is 11.7. The highest BCUT2D eigenvalue weighted by Gasteiger charge is 2.25. The van der Waals surface area contributed by atoms with Crippen molar-refractivity contribution in [1.82, 2.24) is 9.78 Å². The van der Waals surface area contributed by atoms with E-state index in [1.807, 2.05) is 0 Å². The summed E-state index contributed by atoms with van der Waals surface area (Å²) in [5.41, 5.74) is 5.47.